The molecule has 0 radical (unpaired) electrons. The lowest BCUT2D eigenvalue weighted by Gasteiger charge is -2.28. The second-order valence-corrected chi connectivity index (χ2v) is 5.33. The third-order valence-corrected chi connectivity index (χ3v) is 3.57. The molecular weight excluding hydrogens is 311 g/mol. The summed E-state index contributed by atoms with van der Waals surface area (Å²) in [5.41, 5.74) is 1.94. The van der Waals surface area contributed by atoms with Crippen LogP contribution in [-0.4, -0.2) is 5.97 Å². The molecule has 4 nitrogen and oxygen atoms in total. The van der Waals surface area contributed by atoms with E-state index in [1.807, 2.05) is 30.3 Å². The number of fused-ring (bicyclic) bond motifs is 1. The van der Waals surface area contributed by atoms with Crippen LogP contribution in [0.2, 0.25) is 0 Å². The Bertz CT molecular complexity index is 755. The molecule has 124 valence electrons. The second-order valence-electron chi connectivity index (χ2n) is 5.33. The van der Waals surface area contributed by atoms with Crippen LogP contribution in [0.1, 0.15) is 29.9 Å². The zero-order valence-corrected chi connectivity index (χ0v) is 13.2. The maximum absolute atomic E-state index is 13.8. The maximum Gasteiger partial charge on any atom is 0.330 e. The molecule has 1 atom stereocenters. The summed E-state index contributed by atoms with van der Waals surface area (Å²) < 4.78 is 30.5. The summed E-state index contributed by atoms with van der Waals surface area (Å²) in [6, 6.07) is 12.2. The lowest BCUT2D eigenvalue weighted by Crippen LogP contribution is -2.19. The number of esters is 1. The van der Waals surface area contributed by atoms with Crippen molar-refractivity contribution >= 4 is 5.97 Å². The molecule has 24 heavy (non-hydrogen) atoms. The van der Waals surface area contributed by atoms with Crippen molar-refractivity contribution in [2.45, 2.75) is 26.4 Å². The molecule has 0 bridgehead atoms. The molecule has 0 saturated carbocycles. The highest BCUT2D eigenvalue weighted by Crippen LogP contribution is 2.36. The fourth-order valence-corrected chi connectivity index (χ4v) is 2.49. The van der Waals surface area contributed by atoms with Crippen LogP contribution in [0.3, 0.4) is 0 Å². The maximum atomic E-state index is 13.8. The Morgan fingerprint density at radius 3 is 2.88 bits per heavy atom. The quantitative estimate of drug-likeness (QED) is 0.627. The van der Waals surface area contributed by atoms with E-state index in [4.69, 9.17) is 14.2 Å². The highest BCUT2D eigenvalue weighted by molar-refractivity contribution is 5.81. The molecule has 1 aliphatic rings. The van der Waals surface area contributed by atoms with Gasteiger partial charge in [0.15, 0.2) is 0 Å². The van der Waals surface area contributed by atoms with Gasteiger partial charge in [0, 0.05) is 22.8 Å². The van der Waals surface area contributed by atoms with Crippen molar-refractivity contribution in [3.8, 4) is 5.75 Å². The molecule has 0 N–H and O–H groups in total. The van der Waals surface area contributed by atoms with Crippen molar-refractivity contribution in [3.05, 3.63) is 77.1 Å². The average molecular weight is 328 g/mol. The summed E-state index contributed by atoms with van der Waals surface area (Å²) in [5, 5.41) is 0. The molecule has 5 heteroatoms. The summed E-state index contributed by atoms with van der Waals surface area (Å²) in [5.74, 6) is -0.400. The van der Waals surface area contributed by atoms with Gasteiger partial charge in [-0.3, -0.25) is 0 Å². The first-order chi connectivity index (χ1) is 11.7. The number of halogens is 1. The number of benzene rings is 2. The van der Waals surface area contributed by atoms with Crippen molar-refractivity contribution in [3.63, 3.8) is 0 Å². The SMILES string of the molecule is C/C=C/C(=O)OCc1cc(F)cc2c1O[C@@H](c1ccccc1)OC2. The number of allylic oxidation sites excluding steroid dienone is 1. The van der Waals surface area contributed by atoms with Crippen molar-refractivity contribution in [1.29, 1.82) is 0 Å². The van der Waals surface area contributed by atoms with E-state index in [1.165, 1.54) is 18.2 Å². The molecule has 0 aliphatic carbocycles. The van der Waals surface area contributed by atoms with Gasteiger partial charge < -0.3 is 14.2 Å². The van der Waals surface area contributed by atoms with Crippen molar-refractivity contribution < 1.29 is 23.4 Å². The van der Waals surface area contributed by atoms with Crippen LogP contribution >= 0.6 is 0 Å². The van der Waals surface area contributed by atoms with E-state index in [-0.39, 0.29) is 13.2 Å². The molecule has 0 aromatic heterocycles. The van der Waals surface area contributed by atoms with Crippen molar-refractivity contribution in [2.24, 2.45) is 0 Å². The normalized spacial score (nSPS) is 16.5. The first-order valence-corrected chi connectivity index (χ1v) is 7.61. The lowest BCUT2D eigenvalue weighted by atomic mass is 10.1. The minimum atomic E-state index is -0.575. The predicted octanol–water partition coefficient (Wildman–Crippen LogP) is 4.05. The molecule has 0 fully saturated rings. The van der Waals surface area contributed by atoms with Crippen molar-refractivity contribution in [2.75, 3.05) is 0 Å². The number of carbonyl (C=O) groups excluding carboxylic acids is 1. The highest BCUT2D eigenvalue weighted by Gasteiger charge is 2.25. The standard InChI is InChI=1S/C19H17FO4/c1-2-6-17(21)22-11-14-9-16(20)10-15-12-23-19(24-18(14)15)13-7-4-3-5-8-13/h2-10,19H,11-12H2,1H3/b6-2+/t19-/m0/s1. The molecule has 0 amide bonds. The molecule has 1 aliphatic heterocycles. The summed E-state index contributed by atoms with van der Waals surface area (Å²) in [6.45, 7) is 1.88. The van der Waals surface area contributed by atoms with Crippen LogP contribution in [0.4, 0.5) is 4.39 Å². The first-order valence-electron chi connectivity index (χ1n) is 7.61. The van der Waals surface area contributed by atoms with Gasteiger partial charge in [-0.25, -0.2) is 9.18 Å². The Balaban J connectivity index is 1.84. The molecular formula is C19H17FO4. The van der Waals surface area contributed by atoms with E-state index in [9.17, 15) is 9.18 Å². The third kappa shape index (κ3) is 3.63. The predicted molar refractivity (Wildman–Crippen MR) is 85.6 cm³/mol. The molecule has 1 heterocycles. The number of rotatable bonds is 4. The van der Waals surface area contributed by atoms with E-state index in [0.29, 0.717) is 16.9 Å². The smallest absolute Gasteiger partial charge is 0.330 e. The third-order valence-electron chi connectivity index (χ3n) is 3.57. The van der Waals surface area contributed by atoms with Gasteiger partial charge in [-0.2, -0.15) is 0 Å². The van der Waals surface area contributed by atoms with E-state index in [0.717, 1.165) is 5.56 Å². The van der Waals surface area contributed by atoms with Crippen LogP contribution < -0.4 is 4.74 Å². The topological polar surface area (TPSA) is 44.8 Å². The summed E-state index contributed by atoms with van der Waals surface area (Å²) in [4.78, 5) is 11.5. The Morgan fingerprint density at radius 1 is 1.33 bits per heavy atom. The molecule has 0 unspecified atom stereocenters. The van der Waals surface area contributed by atoms with Crippen LogP contribution in [0.15, 0.2) is 54.6 Å². The van der Waals surface area contributed by atoms with Gasteiger partial charge in [0.1, 0.15) is 18.2 Å². The van der Waals surface area contributed by atoms with E-state index < -0.39 is 18.1 Å². The molecule has 2 aromatic rings. The molecule has 2 aromatic carbocycles. The van der Waals surface area contributed by atoms with Crippen LogP contribution in [0.25, 0.3) is 0 Å². The van der Waals surface area contributed by atoms with Gasteiger partial charge in [-0.05, 0) is 19.1 Å². The van der Waals surface area contributed by atoms with Crippen LogP contribution in [-0.2, 0) is 27.5 Å². The van der Waals surface area contributed by atoms with E-state index in [1.54, 1.807) is 13.0 Å². The van der Waals surface area contributed by atoms with Crippen LogP contribution in [0, 0.1) is 5.82 Å². The Hall–Kier alpha value is -2.66. The number of ether oxygens (including phenoxy) is 3. The van der Waals surface area contributed by atoms with Gasteiger partial charge in [0.2, 0.25) is 6.29 Å². The Kier molecular flexibility index (Phi) is 4.91. The number of hydrogen-bond acceptors (Lipinski definition) is 4. The van der Waals surface area contributed by atoms with Crippen LogP contribution in [0.5, 0.6) is 5.75 Å². The minimum absolute atomic E-state index is 0.0647. The summed E-state index contributed by atoms with van der Waals surface area (Å²) in [6.07, 6.45) is 2.32. The second kappa shape index (κ2) is 7.27. The highest BCUT2D eigenvalue weighted by atomic mass is 19.1. The van der Waals surface area contributed by atoms with E-state index >= 15 is 0 Å². The van der Waals surface area contributed by atoms with Gasteiger partial charge >= 0.3 is 5.97 Å². The van der Waals surface area contributed by atoms with Crippen molar-refractivity contribution in [1.82, 2.24) is 0 Å². The van der Waals surface area contributed by atoms with Gasteiger partial charge in [-0.15, -0.1) is 0 Å². The molecule has 0 saturated heterocycles. The summed E-state index contributed by atoms with van der Waals surface area (Å²) in [7, 11) is 0. The Labute approximate surface area is 139 Å². The zero-order valence-electron chi connectivity index (χ0n) is 13.2. The minimum Gasteiger partial charge on any atom is -0.460 e. The van der Waals surface area contributed by atoms with Gasteiger partial charge in [0.25, 0.3) is 0 Å². The molecule has 0 spiro atoms. The molecule has 3 rings (SSSR count). The van der Waals surface area contributed by atoms with Gasteiger partial charge in [0.05, 0.1) is 6.61 Å². The number of hydrogen-bond donors (Lipinski definition) is 0. The van der Waals surface area contributed by atoms with E-state index in [2.05, 4.69) is 0 Å². The fourth-order valence-electron chi connectivity index (χ4n) is 2.49. The lowest BCUT2D eigenvalue weighted by molar-refractivity contribution is -0.139. The first kappa shape index (κ1) is 16.2. The largest absolute Gasteiger partial charge is 0.460 e. The average Bonchev–Trinajstić information content (AvgIpc) is 2.60. The Morgan fingerprint density at radius 2 is 2.12 bits per heavy atom. The summed E-state index contributed by atoms with van der Waals surface area (Å²) >= 11 is 0. The monoisotopic (exact) mass is 328 g/mol. The zero-order chi connectivity index (χ0) is 16.9. The number of carbonyl (C=O) groups is 1. The fraction of sp³-hybridized carbons (Fsp3) is 0.211. The van der Waals surface area contributed by atoms with Gasteiger partial charge in [-0.1, -0.05) is 36.4 Å².